The van der Waals surface area contributed by atoms with Gasteiger partial charge in [-0.05, 0) is 97.7 Å². The summed E-state index contributed by atoms with van der Waals surface area (Å²) in [7, 11) is 1.49. The Bertz CT molecular complexity index is 729. The van der Waals surface area contributed by atoms with Crippen LogP contribution in [0.5, 0.6) is 0 Å². The summed E-state index contributed by atoms with van der Waals surface area (Å²) in [5.74, 6) is 3.80. The van der Waals surface area contributed by atoms with Crippen LogP contribution >= 0.6 is 0 Å². The van der Waals surface area contributed by atoms with Crippen LogP contribution in [-0.2, 0) is 19.1 Å². The molecule has 0 aliphatic heterocycles. The van der Waals surface area contributed by atoms with Crippen molar-refractivity contribution in [2.24, 2.45) is 46.3 Å². The fourth-order valence-corrected chi connectivity index (χ4v) is 8.55. The highest BCUT2D eigenvalue weighted by molar-refractivity contribution is 5.69. The van der Waals surface area contributed by atoms with Gasteiger partial charge in [0, 0.05) is 13.3 Å². The summed E-state index contributed by atoms with van der Waals surface area (Å²) in [6.07, 6.45) is 15.1. The van der Waals surface area contributed by atoms with Gasteiger partial charge in [-0.15, -0.1) is 0 Å². The van der Waals surface area contributed by atoms with Crippen LogP contribution in [0.4, 0.5) is 0 Å². The van der Waals surface area contributed by atoms with Crippen molar-refractivity contribution in [1.29, 1.82) is 0 Å². The molecule has 0 aromatic rings. The van der Waals surface area contributed by atoms with Crippen LogP contribution in [0.2, 0.25) is 0 Å². The molecule has 0 unspecified atom stereocenters. The molecule has 0 saturated heterocycles. The van der Waals surface area contributed by atoms with Crippen molar-refractivity contribution in [3.63, 3.8) is 0 Å². The van der Waals surface area contributed by atoms with Gasteiger partial charge in [-0.2, -0.15) is 0 Å². The van der Waals surface area contributed by atoms with Crippen LogP contribution in [0.15, 0.2) is 12.2 Å². The number of hydrogen-bond donors (Lipinski definition) is 0. The molecule has 0 aromatic carbocycles. The highest BCUT2D eigenvalue weighted by Gasteiger charge is 2.59. The quantitative estimate of drug-likeness (QED) is 0.400. The highest BCUT2D eigenvalue weighted by Crippen LogP contribution is 2.67. The van der Waals surface area contributed by atoms with E-state index in [4.69, 9.17) is 9.47 Å². The van der Waals surface area contributed by atoms with Crippen LogP contribution in [0.25, 0.3) is 0 Å². The molecule has 3 saturated carbocycles. The summed E-state index contributed by atoms with van der Waals surface area (Å²) in [4.78, 5) is 23.1. The Balaban J connectivity index is 1.49. The lowest BCUT2D eigenvalue weighted by atomic mass is 9.46. The number of carbonyl (C=O) groups is 2. The normalized spacial score (nSPS) is 44.5. The highest BCUT2D eigenvalue weighted by atomic mass is 16.5. The van der Waals surface area contributed by atoms with Crippen LogP contribution in [0.1, 0.15) is 85.5 Å². The molecule has 0 amide bonds. The van der Waals surface area contributed by atoms with Crippen LogP contribution in [-0.4, -0.2) is 25.2 Å². The fraction of sp³-hybridized carbons (Fsp3) is 0.852. The fourth-order valence-electron chi connectivity index (χ4n) is 8.55. The second-order valence-electron chi connectivity index (χ2n) is 11.6. The van der Waals surface area contributed by atoms with Gasteiger partial charge in [-0.3, -0.25) is 9.59 Å². The van der Waals surface area contributed by atoms with E-state index in [1.165, 1.54) is 46.1 Å². The summed E-state index contributed by atoms with van der Waals surface area (Å²) in [6, 6.07) is 0. The molecule has 0 heterocycles. The number of hydrogen-bond acceptors (Lipinski definition) is 4. The van der Waals surface area contributed by atoms with E-state index in [1.807, 2.05) is 0 Å². The Morgan fingerprint density at radius 2 is 1.74 bits per heavy atom. The molecule has 0 radical (unpaired) electrons. The maximum atomic E-state index is 11.7. The largest absolute Gasteiger partial charge is 0.469 e. The lowest BCUT2D eigenvalue weighted by molar-refractivity contribution is -0.153. The maximum absolute atomic E-state index is 11.7. The van der Waals surface area contributed by atoms with E-state index < -0.39 is 0 Å². The third kappa shape index (κ3) is 3.97. The SMILES string of the molecule is COC(=O)CC[C@H](C)[C@H]1CC[C@H]2[C@@H]3C=C[C@H]4C[C@H](OC(C)=O)CC[C@]4(C)[C@H]3CC[C@]12C. The van der Waals surface area contributed by atoms with E-state index in [-0.39, 0.29) is 18.0 Å². The van der Waals surface area contributed by atoms with Gasteiger partial charge in [0.25, 0.3) is 0 Å². The van der Waals surface area contributed by atoms with Gasteiger partial charge in [0.1, 0.15) is 6.10 Å². The second kappa shape index (κ2) is 8.56. The van der Waals surface area contributed by atoms with E-state index >= 15 is 0 Å². The number of ether oxygens (including phenoxy) is 2. The number of esters is 2. The maximum Gasteiger partial charge on any atom is 0.305 e. The zero-order valence-corrected chi connectivity index (χ0v) is 20.2. The topological polar surface area (TPSA) is 52.6 Å². The minimum absolute atomic E-state index is 0.0752. The van der Waals surface area contributed by atoms with Crippen LogP contribution in [0.3, 0.4) is 0 Å². The molecule has 3 fully saturated rings. The predicted molar refractivity (Wildman–Crippen MR) is 121 cm³/mol. The number of allylic oxidation sites excluding steroid dienone is 2. The van der Waals surface area contributed by atoms with E-state index in [2.05, 4.69) is 32.9 Å². The third-order valence-corrected chi connectivity index (χ3v) is 10.2. The molecule has 0 N–H and O–H groups in total. The standard InChI is InChI=1S/C27H42O4/c1-17(6-11-25(29)30-5)22-9-10-23-21-8-7-19-16-20(31-18(2)28)12-14-26(19,3)24(21)13-15-27(22,23)4/h7-8,17,19-24H,6,9-16H2,1-5H3/t17-,19-,20+,21-,22+,23-,24-,26-,27+/m0/s1. The molecule has 31 heavy (non-hydrogen) atoms. The van der Waals surface area contributed by atoms with Gasteiger partial charge in [-0.1, -0.05) is 32.9 Å². The van der Waals surface area contributed by atoms with Crippen LogP contribution < -0.4 is 0 Å². The van der Waals surface area contributed by atoms with Gasteiger partial charge in [-0.25, -0.2) is 0 Å². The van der Waals surface area contributed by atoms with Gasteiger partial charge in [0.2, 0.25) is 0 Å². The molecular weight excluding hydrogens is 388 g/mol. The van der Waals surface area contributed by atoms with Crippen molar-refractivity contribution in [2.45, 2.75) is 91.6 Å². The number of methoxy groups -OCH3 is 1. The predicted octanol–water partition coefficient (Wildman–Crippen LogP) is 5.94. The third-order valence-electron chi connectivity index (χ3n) is 10.2. The summed E-state index contributed by atoms with van der Waals surface area (Å²) in [5, 5.41) is 0. The Morgan fingerprint density at radius 3 is 2.45 bits per heavy atom. The van der Waals surface area contributed by atoms with Crippen molar-refractivity contribution in [1.82, 2.24) is 0 Å². The van der Waals surface area contributed by atoms with E-state index in [0.29, 0.717) is 40.9 Å². The molecule has 9 atom stereocenters. The molecular formula is C27H42O4. The van der Waals surface area contributed by atoms with Gasteiger partial charge >= 0.3 is 11.9 Å². The Kier molecular flexibility index (Phi) is 6.31. The van der Waals surface area contributed by atoms with Crippen molar-refractivity contribution in [3.8, 4) is 0 Å². The minimum Gasteiger partial charge on any atom is -0.469 e. The average Bonchev–Trinajstić information content (AvgIpc) is 3.09. The molecule has 4 nitrogen and oxygen atoms in total. The van der Waals surface area contributed by atoms with E-state index in [0.717, 1.165) is 31.1 Å². The summed E-state index contributed by atoms with van der Waals surface area (Å²) in [6.45, 7) is 8.97. The van der Waals surface area contributed by atoms with E-state index in [1.54, 1.807) is 0 Å². The van der Waals surface area contributed by atoms with Gasteiger partial charge < -0.3 is 9.47 Å². The zero-order valence-electron chi connectivity index (χ0n) is 20.2. The first-order chi connectivity index (χ1) is 14.7. The summed E-state index contributed by atoms with van der Waals surface area (Å²) >= 11 is 0. The first-order valence-corrected chi connectivity index (χ1v) is 12.6. The first kappa shape index (κ1) is 22.9. The van der Waals surface area contributed by atoms with Crippen molar-refractivity contribution in [2.75, 3.05) is 7.11 Å². The molecule has 174 valence electrons. The monoisotopic (exact) mass is 430 g/mol. The summed E-state index contributed by atoms with van der Waals surface area (Å²) in [5.41, 5.74) is 0.727. The molecule has 4 rings (SSSR count). The minimum atomic E-state index is -0.141. The molecule has 0 bridgehead atoms. The van der Waals surface area contributed by atoms with E-state index in [9.17, 15) is 9.59 Å². The molecule has 4 heteroatoms. The molecule has 4 aliphatic rings. The van der Waals surface area contributed by atoms with Crippen molar-refractivity contribution < 1.29 is 19.1 Å². The van der Waals surface area contributed by atoms with Crippen LogP contribution in [0, 0.1) is 46.3 Å². The Morgan fingerprint density at radius 1 is 1.03 bits per heavy atom. The van der Waals surface area contributed by atoms with Crippen molar-refractivity contribution >= 4 is 11.9 Å². The number of rotatable bonds is 5. The number of fused-ring (bicyclic) bond motifs is 5. The van der Waals surface area contributed by atoms with Gasteiger partial charge in [0.05, 0.1) is 7.11 Å². The smallest absolute Gasteiger partial charge is 0.305 e. The Hall–Kier alpha value is -1.32. The van der Waals surface area contributed by atoms with Gasteiger partial charge in [0.15, 0.2) is 0 Å². The average molecular weight is 431 g/mol. The second-order valence-corrected chi connectivity index (χ2v) is 11.6. The Labute approximate surface area is 188 Å². The summed E-state index contributed by atoms with van der Waals surface area (Å²) < 4.78 is 10.5. The first-order valence-electron chi connectivity index (χ1n) is 12.6. The zero-order chi connectivity index (χ0) is 22.4. The molecule has 4 aliphatic carbocycles. The molecule has 0 spiro atoms. The molecule has 0 aromatic heterocycles. The number of carbonyl (C=O) groups excluding carboxylic acids is 2. The van der Waals surface area contributed by atoms with Crippen molar-refractivity contribution in [3.05, 3.63) is 12.2 Å². The lowest BCUT2D eigenvalue weighted by Crippen LogP contribution is -2.52. The lowest BCUT2D eigenvalue weighted by Gasteiger charge is -2.59.